The second-order valence-electron chi connectivity index (χ2n) is 9.31. The smallest absolute Gasteiger partial charge is 0.410 e. The summed E-state index contributed by atoms with van der Waals surface area (Å²) in [5.41, 5.74) is 3.65. The van der Waals surface area contributed by atoms with E-state index in [0.29, 0.717) is 44.2 Å². The maximum Gasteiger partial charge on any atom is 0.410 e. The molecule has 0 bridgehead atoms. The number of rotatable bonds is 3. The molecule has 1 amide bonds. The third-order valence-electron chi connectivity index (χ3n) is 5.63. The molecule has 2 aromatic rings. The summed E-state index contributed by atoms with van der Waals surface area (Å²) >= 11 is 0. The van der Waals surface area contributed by atoms with Gasteiger partial charge < -0.3 is 30.0 Å². The van der Waals surface area contributed by atoms with Gasteiger partial charge in [-0.3, -0.25) is 0 Å². The molecule has 0 radical (unpaired) electrons. The normalized spacial score (nSPS) is 19.0. The number of benzene rings is 1. The van der Waals surface area contributed by atoms with E-state index in [-0.39, 0.29) is 12.1 Å². The van der Waals surface area contributed by atoms with Crippen molar-refractivity contribution in [1.29, 1.82) is 0 Å². The van der Waals surface area contributed by atoms with E-state index in [4.69, 9.17) is 19.4 Å². The van der Waals surface area contributed by atoms with Gasteiger partial charge in [0.1, 0.15) is 17.1 Å². The third kappa shape index (κ3) is 4.85. The van der Waals surface area contributed by atoms with Gasteiger partial charge in [0.15, 0.2) is 5.82 Å². The minimum Gasteiger partial charge on any atom is -0.630 e. The van der Waals surface area contributed by atoms with Crippen molar-refractivity contribution in [3.63, 3.8) is 0 Å². The summed E-state index contributed by atoms with van der Waals surface area (Å²) < 4.78 is 11.2. The Labute approximate surface area is 188 Å². The molecule has 2 aliphatic heterocycles. The molecule has 3 heterocycles. The highest BCUT2D eigenvalue weighted by Gasteiger charge is 2.32. The zero-order valence-electron chi connectivity index (χ0n) is 19.1. The predicted octanol–water partition coefficient (Wildman–Crippen LogP) is 2.35. The van der Waals surface area contributed by atoms with Gasteiger partial charge in [-0.1, -0.05) is 0 Å². The Kier molecular flexibility index (Phi) is 6.32. The van der Waals surface area contributed by atoms with Gasteiger partial charge in [0.2, 0.25) is 0 Å². The summed E-state index contributed by atoms with van der Waals surface area (Å²) in [7, 11) is 0. The fraction of sp³-hybridized carbons (Fsp3) is 0.522. The highest BCUT2D eigenvalue weighted by molar-refractivity contribution is 5.70. The molecular weight excluding hydrogens is 410 g/mol. The minimum absolute atomic E-state index is 0.157. The van der Waals surface area contributed by atoms with Crippen molar-refractivity contribution in [2.45, 2.75) is 52.3 Å². The summed E-state index contributed by atoms with van der Waals surface area (Å²) in [4.78, 5) is 26.5. The van der Waals surface area contributed by atoms with Gasteiger partial charge in [-0.25, -0.2) is 14.8 Å². The van der Waals surface area contributed by atoms with Gasteiger partial charge in [-0.15, -0.1) is 0 Å². The molecule has 2 aliphatic rings. The number of carbonyl (C=O) groups excluding carboxylic acids is 1. The molecule has 1 aromatic carbocycles. The average Bonchev–Trinajstić information content (AvgIpc) is 2.77. The summed E-state index contributed by atoms with van der Waals surface area (Å²) in [6.07, 6.45) is 0.306. The lowest BCUT2D eigenvalue weighted by molar-refractivity contribution is -0.497. The van der Waals surface area contributed by atoms with Crippen LogP contribution in [0.15, 0.2) is 24.3 Å². The molecule has 1 fully saturated rings. The fourth-order valence-corrected chi connectivity index (χ4v) is 4.00. The van der Waals surface area contributed by atoms with Crippen molar-refractivity contribution >= 4 is 17.6 Å². The van der Waals surface area contributed by atoms with Crippen molar-refractivity contribution in [3.8, 4) is 11.4 Å². The zero-order valence-corrected chi connectivity index (χ0v) is 19.1. The Balaban J connectivity index is 1.72. The Morgan fingerprint density at radius 3 is 2.62 bits per heavy atom. The molecule has 0 saturated carbocycles. The lowest BCUT2D eigenvalue weighted by Crippen LogP contribution is -2.70. The molecule has 9 nitrogen and oxygen atoms in total. The molecule has 0 aliphatic carbocycles. The van der Waals surface area contributed by atoms with Crippen LogP contribution >= 0.6 is 0 Å². The predicted molar refractivity (Wildman–Crippen MR) is 120 cm³/mol. The van der Waals surface area contributed by atoms with Gasteiger partial charge >= 0.3 is 6.09 Å². The number of anilines is 1. The van der Waals surface area contributed by atoms with Gasteiger partial charge in [0.05, 0.1) is 31.5 Å². The summed E-state index contributed by atoms with van der Waals surface area (Å²) in [6.45, 7) is 10.6. The first kappa shape index (κ1) is 22.4. The molecule has 2 N–H and O–H groups in total. The number of amides is 1. The molecule has 1 saturated heterocycles. The van der Waals surface area contributed by atoms with E-state index >= 15 is 0 Å². The van der Waals surface area contributed by atoms with Crippen molar-refractivity contribution in [2.75, 3.05) is 31.2 Å². The van der Waals surface area contributed by atoms with Crippen molar-refractivity contribution in [3.05, 3.63) is 40.7 Å². The van der Waals surface area contributed by atoms with Crippen LogP contribution in [-0.2, 0) is 22.4 Å². The second kappa shape index (κ2) is 9.01. The van der Waals surface area contributed by atoms with Crippen LogP contribution in [0.1, 0.15) is 39.0 Å². The number of morpholine rings is 1. The molecular formula is C23H31N5O4. The monoisotopic (exact) mass is 441 g/mol. The number of hydrogen-bond donors (Lipinski definition) is 1. The quantitative estimate of drug-likeness (QED) is 0.575. The number of hydrogen-bond acceptors (Lipinski definition) is 7. The van der Waals surface area contributed by atoms with Crippen LogP contribution < -0.4 is 10.4 Å². The first-order chi connectivity index (χ1) is 15.2. The lowest BCUT2D eigenvalue weighted by atomic mass is 10.0. The number of nitrogens with zero attached hydrogens (tertiary/aromatic N) is 4. The summed E-state index contributed by atoms with van der Waals surface area (Å²) in [6, 6.07) is 7.44. The van der Waals surface area contributed by atoms with Crippen LogP contribution in [0.25, 0.3) is 11.4 Å². The molecule has 0 spiro atoms. The van der Waals surface area contributed by atoms with Crippen molar-refractivity contribution < 1.29 is 19.7 Å². The first-order valence-electron chi connectivity index (χ1n) is 11.0. The van der Waals surface area contributed by atoms with Crippen LogP contribution in [0.2, 0.25) is 0 Å². The Hall–Kier alpha value is -2.75. The maximum absolute atomic E-state index is 12.7. The van der Waals surface area contributed by atoms with Crippen molar-refractivity contribution in [1.82, 2.24) is 14.9 Å². The van der Waals surface area contributed by atoms with Crippen LogP contribution in [0.5, 0.6) is 0 Å². The largest absolute Gasteiger partial charge is 0.630 e. The molecule has 0 unspecified atom stereocenters. The number of aromatic nitrogens is 2. The first-order valence-corrected chi connectivity index (χ1v) is 11.0. The van der Waals surface area contributed by atoms with E-state index in [1.807, 2.05) is 32.9 Å². The molecule has 4 rings (SSSR count). The summed E-state index contributed by atoms with van der Waals surface area (Å²) in [5, 5.41) is 11.0. The number of quaternary nitrogens is 1. The fourth-order valence-electron chi connectivity index (χ4n) is 4.00. The van der Waals surface area contributed by atoms with Crippen LogP contribution in [0.4, 0.5) is 16.3 Å². The van der Waals surface area contributed by atoms with Crippen LogP contribution in [0, 0.1) is 5.21 Å². The van der Waals surface area contributed by atoms with Gasteiger partial charge in [0.25, 0.3) is 0 Å². The summed E-state index contributed by atoms with van der Waals surface area (Å²) in [5.74, 6) is 1.47. The number of ether oxygens (including phenoxy) is 2. The van der Waals surface area contributed by atoms with Gasteiger partial charge in [-0.2, -0.15) is 0 Å². The molecule has 9 heteroatoms. The van der Waals surface area contributed by atoms with Gasteiger partial charge in [-0.05, 0) is 52.0 Å². The highest BCUT2D eigenvalue weighted by Crippen LogP contribution is 2.32. The van der Waals surface area contributed by atoms with Crippen molar-refractivity contribution in [2.24, 2.45) is 0 Å². The van der Waals surface area contributed by atoms with E-state index in [0.717, 1.165) is 34.7 Å². The maximum atomic E-state index is 12.7. The average molecular weight is 442 g/mol. The Bertz CT molecular complexity index is 974. The van der Waals surface area contributed by atoms with E-state index in [9.17, 15) is 10.0 Å². The zero-order chi connectivity index (χ0) is 22.9. The van der Waals surface area contributed by atoms with E-state index in [1.165, 1.54) is 0 Å². The lowest BCUT2D eigenvalue weighted by Gasteiger charge is -2.38. The number of carbonyl (C=O) groups is 1. The molecule has 1 aromatic heterocycles. The highest BCUT2D eigenvalue weighted by atomic mass is 16.6. The van der Waals surface area contributed by atoms with Crippen LogP contribution in [0.3, 0.4) is 0 Å². The second-order valence-corrected chi connectivity index (χ2v) is 9.31. The number of nitrogens with two attached hydrogens (primary N) is 1. The third-order valence-corrected chi connectivity index (χ3v) is 5.63. The van der Waals surface area contributed by atoms with E-state index in [1.54, 1.807) is 17.0 Å². The van der Waals surface area contributed by atoms with E-state index in [2.05, 4.69) is 11.8 Å². The van der Waals surface area contributed by atoms with Crippen LogP contribution in [-0.4, -0.2) is 58.9 Å². The Morgan fingerprint density at radius 2 is 1.97 bits per heavy atom. The Morgan fingerprint density at radius 1 is 1.22 bits per heavy atom. The molecule has 32 heavy (non-hydrogen) atoms. The topological polar surface area (TPSA) is 107 Å². The SMILES string of the molecule is C[C@H]1COCCN1c1nc(-c2ccc([NH2+][O-])cc2)nc2c1CN(C(=O)OC(C)(C)C)CC2. The standard InChI is InChI=1S/C23H31N5O4/c1-15-14-31-12-11-28(15)21-18-13-27(22(29)32-23(2,3)4)10-9-19(18)24-20(25-21)16-5-7-17(26-30)8-6-16/h5-8,15H,9-14,26H2,1-4H3/t15-/m0/s1. The molecule has 172 valence electrons. The minimum atomic E-state index is -0.549. The number of fused-ring (bicyclic) bond motifs is 1. The molecule has 1 atom stereocenters. The van der Waals surface area contributed by atoms with E-state index < -0.39 is 5.60 Å². The van der Waals surface area contributed by atoms with Gasteiger partial charge in [0, 0.05) is 30.6 Å².